The molecule has 2 bridgehead atoms. The Hall–Kier alpha value is -3.60. The van der Waals surface area contributed by atoms with Crippen LogP contribution in [-0.2, 0) is 0 Å². The molecule has 11 heteroatoms. The number of alkyl halides is 1. The van der Waals surface area contributed by atoms with Gasteiger partial charge in [0.1, 0.15) is 30.8 Å². The average Bonchev–Trinajstić information content (AvgIpc) is 3.66. The van der Waals surface area contributed by atoms with E-state index >= 15 is 4.39 Å². The number of benzene rings is 1. The van der Waals surface area contributed by atoms with Gasteiger partial charge in [-0.3, -0.25) is 0 Å². The first kappa shape index (κ1) is 21.7. The zero-order chi connectivity index (χ0) is 24.2. The summed E-state index contributed by atoms with van der Waals surface area (Å²) in [6, 6.07) is 5.46. The first-order chi connectivity index (χ1) is 17.6. The lowest BCUT2D eigenvalue weighted by molar-refractivity contribution is 0.157. The van der Waals surface area contributed by atoms with Gasteiger partial charge < -0.3 is 24.8 Å². The lowest BCUT2D eigenvalue weighted by Gasteiger charge is -2.40. The minimum absolute atomic E-state index is 0.0193. The normalized spacial score (nSPS) is 26.6. The second-order valence-corrected chi connectivity index (χ2v) is 9.87. The highest BCUT2D eigenvalue weighted by molar-refractivity contribution is 5.72. The van der Waals surface area contributed by atoms with Crippen LogP contribution in [0.25, 0.3) is 22.5 Å². The first-order valence-corrected chi connectivity index (χ1v) is 12.5. The number of phenolic OH excluding ortho intramolecular Hbond substituents is 1. The zero-order valence-electron chi connectivity index (χ0n) is 19.5. The molecule has 0 amide bonds. The third-order valence-corrected chi connectivity index (χ3v) is 7.47. The van der Waals surface area contributed by atoms with E-state index in [1.165, 1.54) is 0 Å². The summed E-state index contributed by atoms with van der Waals surface area (Å²) in [4.78, 5) is 15.3. The fourth-order valence-corrected chi connectivity index (χ4v) is 5.57. The van der Waals surface area contributed by atoms with E-state index in [4.69, 9.17) is 9.47 Å². The van der Waals surface area contributed by atoms with Crippen LogP contribution in [0.4, 0.5) is 10.3 Å². The largest absolute Gasteiger partial charge is 0.507 e. The van der Waals surface area contributed by atoms with Crippen molar-refractivity contribution < 1.29 is 19.0 Å². The molecule has 1 aliphatic carbocycles. The van der Waals surface area contributed by atoms with Crippen LogP contribution < -0.4 is 19.7 Å². The van der Waals surface area contributed by atoms with E-state index in [1.54, 1.807) is 24.5 Å². The van der Waals surface area contributed by atoms with Crippen molar-refractivity contribution >= 4 is 5.95 Å². The Labute approximate surface area is 206 Å². The summed E-state index contributed by atoms with van der Waals surface area (Å²) in [5.41, 5.74) is 2.16. The standard InChI is InChI=1S/C25H26FN7O3/c26-22-17-6-2-14(29-17)10-20(22)33(15-3-4-15)25-28-12-19(31-32-25)16-5-1-13(9-21(16)34)18-11-27-23-24(30-18)36-8-7-35-23/h1,5,9,11-12,14-15,17,20,22,29,34H,2-4,6-8,10H2/t14-,17-,20-,22+/m0/s1. The lowest BCUT2D eigenvalue weighted by Crippen LogP contribution is -2.57. The molecule has 1 aromatic carbocycles. The molecule has 0 unspecified atom stereocenters. The molecule has 2 saturated heterocycles. The number of aromatic hydroxyl groups is 1. The second-order valence-electron chi connectivity index (χ2n) is 9.87. The maximum atomic E-state index is 15.3. The fourth-order valence-electron chi connectivity index (χ4n) is 5.57. The smallest absolute Gasteiger partial charge is 0.278 e. The summed E-state index contributed by atoms with van der Waals surface area (Å²) < 4.78 is 26.2. The van der Waals surface area contributed by atoms with E-state index in [2.05, 4.69) is 35.4 Å². The number of ether oxygens (including phenoxy) is 2. The van der Waals surface area contributed by atoms with Gasteiger partial charge in [-0.25, -0.2) is 19.3 Å². The van der Waals surface area contributed by atoms with Crippen molar-refractivity contribution in [1.29, 1.82) is 0 Å². The summed E-state index contributed by atoms with van der Waals surface area (Å²) in [5.74, 6) is 1.18. The summed E-state index contributed by atoms with van der Waals surface area (Å²) in [5, 5.41) is 22.9. The monoisotopic (exact) mass is 491 g/mol. The number of phenols is 1. The lowest BCUT2D eigenvalue weighted by atomic mass is 9.96. The molecule has 0 radical (unpaired) electrons. The molecule has 1 saturated carbocycles. The Morgan fingerprint density at radius 3 is 2.58 bits per heavy atom. The van der Waals surface area contributed by atoms with Crippen molar-refractivity contribution in [3.05, 3.63) is 30.6 Å². The van der Waals surface area contributed by atoms with E-state index in [0.29, 0.717) is 59.5 Å². The van der Waals surface area contributed by atoms with Crippen LogP contribution in [0.3, 0.4) is 0 Å². The Kier molecular flexibility index (Phi) is 5.12. The van der Waals surface area contributed by atoms with Crippen molar-refractivity contribution in [3.8, 4) is 40.0 Å². The van der Waals surface area contributed by atoms with Crippen LogP contribution in [0.1, 0.15) is 32.1 Å². The Bertz CT molecular complexity index is 1290. The van der Waals surface area contributed by atoms with E-state index in [9.17, 15) is 5.11 Å². The van der Waals surface area contributed by atoms with Gasteiger partial charge in [-0.05, 0) is 44.2 Å². The third-order valence-electron chi connectivity index (χ3n) is 7.47. The molecule has 3 fully saturated rings. The minimum atomic E-state index is -0.951. The molecule has 3 aliphatic heterocycles. The van der Waals surface area contributed by atoms with Crippen molar-refractivity contribution in [2.45, 2.75) is 62.4 Å². The van der Waals surface area contributed by atoms with Gasteiger partial charge in [0.05, 0.1) is 24.1 Å². The number of fused-ring (bicyclic) bond motifs is 3. The molecule has 4 aliphatic rings. The maximum absolute atomic E-state index is 15.3. The van der Waals surface area contributed by atoms with Gasteiger partial charge in [-0.1, -0.05) is 6.07 Å². The van der Waals surface area contributed by atoms with Gasteiger partial charge in [-0.2, -0.15) is 0 Å². The van der Waals surface area contributed by atoms with Gasteiger partial charge in [0.15, 0.2) is 0 Å². The van der Waals surface area contributed by atoms with Crippen LogP contribution in [0.15, 0.2) is 30.6 Å². The van der Waals surface area contributed by atoms with Gasteiger partial charge in [0, 0.05) is 29.3 Å². The third kappa shape index (κ3) is 3.78. The highest BCUT2D eigenvalue weighted by Crippen LogP contribution is 2.40. The topological polar surface area (TPSA) is 118 Å². The SMILES string of the molecule is Oc1cc(-c2cnc3c(n2)OCCO3)ccc1-c1cnc(N(C2CC2)[C@H]2C[C@@H]3CC[C@H](N3)[C@H]2F)nn1. The summed E-state index contributed by atoms with van der Waals surface area (Å²) >= 11 is 0. The van der Waals surface area contributed by atoms with E-state index in [-0.39, 0.29) is 23.9 Å². The molecule has 7 rings (SSSR count). The molecule has 36 heavy (non-hydrogen) atoms. The molecule has 0 spiro atoms. The number of rotatable bonds is 5. The fraction of sp³-hybridized carbons (Fsp3) is 0.480. The highest BCUT2D eigenvalue weighted by Gasteiger charge is 2.48. The summed E-state index contributed by atoms with van der Waals surface area (Å²) in [6.07, 6.45) is 6.91. The number of halogens is 1. The Morgan fingerprint density at radius 1 is 0.972 bits per heavy atom. The number of nitrogens with zero attached hydrogens (tertiary/aromatic N) is 6. The Morgan fingerprint density at radius 2 is 1.81 bits per heavy atom. The van der Waals surface area contributed by atoms with Gasteiger partial charge in [0.2, 0.25) is 5.95 Å². The molecule has 2 N–H and O–H groups in total. The van der Waals surface area contributed by atoms with Crippen molar-refractivity contribution in [3.63, 3.8) is 0 Å². The van der Waals surface area contributed by atoms with Crippen molar-refractivity contribution in [2.24, 2.45) is 0 Å². The molecule has 3 aromatic rings. The van der Waals surface area contributed by atoms with E-state index < -0.39 is 6.17 Å². The van der Waals surface area contributed by atoms with Crippen LogP contribution in [0.2, 0.25) is 0 Å². The van der Waals surface area contributed by atoms with Crippen LogP contribution in [-0.4, -0.2) is 73.8 Å². The van der Waals surface area contributed by atoms with Gasteiger partial charge in [0.25, 0.3) is 11.8 Å². The molecule has 10 nitrogen and oxygen atoms in total. The van der Waals surface area contributed by atoms with Gasteiger partial charge >= 0.3 is 0 Å². The molecular formula is C25H26FN7O3. The summed E-state index contributed by atoms with van der Waals surface area (Å²) in [6.45, 7) is 0.857. The molecule has 186 valence electrons. The predicted octanol–water partition coefficient (Wildman–Crippen LogP) is 2.67. The number of anilines is 1. The van der Waals surface area contributed by atoms with E-state index in [1.807, 2.05) is 6.07 Å². The molecular weight excluding hydrogens is 465 g/mol. The quantitative estimate of drug-likeness (QED) is 0.551. The van der Waals surface area contributed by atoms with Crippen LogP contribution in [0, 0.1) is 0 Å². The number of nitrogens with one attached hydrogen (secondary N) is 1. The van der Waals surface area contributed by atoms with E-state index in [0.717, 1.165) is 32.1 Å². The Balaban J connectivity index is 1.14. The number of aromatic nitrogens is 5. The van der Waals surface area contributed by atoms with Crippen LogP contribution >= 0.6 is 0 Å². The predicted molar refractivity (Wildman–Crippen MR) is 128 cm³/mol. The minimum Gasteiger partial charge on any atom is -0.507 e. The number of piperidine rings is 1. The van der Waals surface area contributed by atoms with Crippen molar-refractivity contribution in [1.82, 2.24) is 30.5 Å². The van der Waals surface area contributed by atoms with Crippen LogP contribution in [0.5, 0.6) is 17.5 Å². The second kappa shape index (κ2) is 8.51. The average molecular weight is 492 g/mol. The molecule has 4 atom stereocenters. The number of hydrogen-bond donors (Lipinski definition) is 2. The first-order valence-electron chi connectivity index (χ1n) is 12.5. The molecule has 2 aromatic heterocycles. The van der Waals surface area contributed by atoms with Gasteiger partial charge in [-0.15, -0.1) is 10.2 Å². The van der Waals surface area contributed by atoms with Crippen molar-refractivity contribution in [2.75, 3.05) is 18.1 Å². The summed E-state index contributed by atoms with van der Waals surface area (Å²) in [7, 11) is 0. The highest BCUT2D eigenvalue weighted by atomic mass is 19.1. The number of hydrogen-bond acceptors (Lipinski definition) is 10. The molecule has 5 heterocycles. The maximum Gasteiger partial charge on any atom is 0.278 e. The zero-order valence-corrected chi connectivity index (χ0v) is 19.5.